The normalized spacial score (nSPS) is 16.5. The smallest absolute Gasteiger partial charge is 0.132 e. The SMILES string of the molecule is Cc1ccc2cc(CCCN3CCNCC3)c(Cl)nc2c1. The second-order valence-corrected chi connectivity index (χ2v) is 6.19. The third-order valence-corrected chi connectivity index (χ3v) is 4.46. The maximum Gasteiger partial charge on any atom is 0.132 e. The third-order valence-electron chi connectivity index (χ3n) is 4.13. The summed E-state index contributed by atoms with van der Waals surface area (Å²) < 4.78 is 0. The van der Waals surface area contributed by atoms with Crippen molar-refractivity contribution in [1.29, 1.82) is 0 Å². The second kappa shape index (κ2) is 6.73. The van der Waals surface area contributed by atoms with Gasteiger partial charge in [-0.3, -0.25) is 0 Å². The highest BCUT2D eigenvalue weighted by Crippen LogP contribution is 2.22. The van der Waals surface area contributed by atoms with Gasteiger partial charge in [-0.05, 0) is 49.6 Å². The first-order valence-electron chi connectivity index (χ1n) is 7.71. The van der Waals surface area contributed by atoms with Crippen LogP contribution in [0.5, 0.6) is 0 Å². The number of hydrogen-bond acceptors (Lipinski definition) is 3. The van der Waals surface area contributed by atoms with Crippen LogP contribution in [0.2, 0.25) is 5.15 Å². The van der Waals surface area contributed by atoms with E-state index in [0.29, 0.717) is 5.15 Å². The molecule has 1 aliphatic rings. The largest absolute Gasteiger partial charge is 0.314 e. The van der Waals surface area contributed by atoms with Crippen LogP contribution in [0, 0.1) is 6.92 Å². The third kappa shape index (κ3) is 3.73. The zero-order chi connectivity index (χ0) is 14.7. The zero-order valence-electron chi connectivity index (χ0n) is 12.5. The molecule has 0 atom stereocenters. The number of nitrogens with one attached hydrogen (secondary N) is 1. The highest BCUT2D eigenvalue weighted by molar-refractivity contribution is 6.30. The van der Waals surface area contributed by atoms with Crippen molar-refractivity contribution in [3.05, 3.63) is 40.5 Å². The summed E-state index contributed by atoms with van der Waals surface area (Å²) in [4.78, 5) is 7.06. The molecule has 0 unspecified atom stereocenters. The number of piperazine rings is 1. The number of benzene rings is 1. The van der Waals surface area contributed by atoms with Crippen molar-refractivity contribution in [3.8, 4) is 0 Å². The molecule has 21 heavy (non-hydrogen) atoms. The van der Waals surface area contributed by atoms with E-state index in [1.807, 2.05) is 0 Å². The van der Waals surface area contributed by atoms with E-state index in [1.165, 1.54) is 16.5 Å². The van der Waals surface area contributed by atoms with Crippen LogP contribution >= 0.6 is 11.6 Å². The number of hydrogen-bond donors (Lipinski definition) is 1. The molecular weight excluding hydrogens is 282 g/mol. The Morgan fingerprint density at radius 3 is 2.86 bits per heavy atom. The van der Waals surface area contributed by atoms with Crippen LogP contribution in [0.1, 0.15) is 17.5 Å². The molecule has 1 N–H and O–H groups in total. The summed E-state index contributed by atoms with van der Waals surface area (Å²) in [6.07, 6.45) is 2.14. The average molecular weight is 304 g/mol. The van der Waals surface area contributed by atoms with Gasteiger partial charge in [-0.1, -0.05) is 23.7 Å². The lowest BCUT2D eigenvalue weighted by Gasteiger charge is -2.27. The first-order valence-corrected chi connectivity index (χ1v) is 8.09. The molecule has 0 radical (unpaired) electrons. The summed E-state index contributed by atoms with van der Waals surface area (Å²) in [5, 5.41) is 5.23. The van der Waals surface area contributed by atoms with Gasteiger partial charge < -0.3 is 10.2 Å². The molecule has 2 heterocycles. The van der Waals surface area contributed by atoms with Gasteiger partial charge >= 0.3 is 0 Å². The fraction of sp³-hybridized carbons (Fsp3) is 0.471. The van der Waals surface area contributed by atoms with Gasteiger partial charge in [0.2, 0.25) is 0 Å². The van der Waals surface area contributed by atoms with Crippen LogP contribution in [0.15, 0.2) is 24.3 Å². The summed E-state index contributed by atoms with van der Waals surface area (Å²) >= 11 is 6.34. The van der Waals surface area contributed by atoms with Crippen LogP contribution in [-0.2, 0) is 6.42 Å². The minimum Gasteiger partial charge on any atom is -0.314 e. The Hall–Kier alpha value is -1.16. The molecule has 1 fully saturated rings. The first kappa shape index (κ1) is 14.8. The van der Waals surface area contributed by atoms with Gasteiger partial charge in [0.15, 0.2) is 0 Å². The maximum atomic E-state index is 6.34. The molecular formula is C17H22ClN3. The second-order valence-electron chi connectivity index (χ2n) is 5.83. The number of nitrogens with zero attached hydrogens (tertiary/aromatic N) is 2. The summed E-state index contributed by atoms with van der Waals surface area (Å²) in [7, 11) is 0. The van der Waals surface area contributed by atoms with Gasteiger partial charge in [0.05, 0.1) is 5.52 Å². The molecule has 0 spiro atoms. The van der Waals surface area contributed by atoms with E-state index < -0.39 is 0 Å². The molecule has 0 aliphatic carbocycles. The van der Waals surface area contributed by atoms with Crippen molar-refractivity contribution in [3.63, 3.8) is 0 Å². The lowest BCUT2D eigenvalue weighted by molar-refractivity contribution is 0.238. The average Bonchev–Trinajstić information content (AvgIpc) is 2.49. The predicted octanol–water partition coefficient (Wildman–Crippen LogP) is 3.03. The van der Waals surface area contributed by atoms with Gasteiger partial charge in [0, 0.05) is 31.6 Å². The monoisotopic (exact) mass is 303 g/mol. The molecule has 2 aromatic rings. The Labute approximate surface area is 131 Å². The quantitative estimate of drug-likeness (QED) is 0.880. The molecule has 3 nitrogen and oxygen atoms in total. The predicted molar refractivity (Wildman–Crippen MR) is 89.1 cm³/mol. The van der Waals surface area contributed by atoms with E-state index in [4.69, 9.17) is 11.6 Å². The van der Waals surface area contributed by atoms with Gasteiger partial charge in [-0.25, -0.2) is 4.98 Å². The summed E-state index contributed by atoms with van der Waals surface area (Å²) in [6, 6.07) is 8.55. The van der Waals surface area contributed by atoms with E-state index >= 15 is 0 Å². The molecule has 112 valence electrons. The van der Waals surface area contributed by atoms with E-state index in [-0.39, 0.29) is 0 Å². The Kier molecular flexibility index (Phi) is 4.73. The highest BCUT2D eigenvalue weighted by Gasteiger charge is 2.10. The van der Waals surface area contributed by atoms with Gasteiger partial charge in [0.25, 0.3) is 0 Å². The van der Waals surface area contributed by atoms with Gasteiger partial charge in [-0.15, -0.1) is 0 Å². The molecule has 0 bridgehead atoms. The number of aromatic nitrogens is 1. The molecule has 1 saturated heterocycles. The van der Waals surface area contributed by atoms with Crippen molar-refractivity contribution in [2.24, 2.45) is 0 Å². The summed E-state index contributed by atoms with van der Waals surface area (Å²) in [5.41, 5.74) is 3.38. The minimum atomic E-state index is 0.661. The molecule has 4 heteroatoms. The number of pyridine rings is 1. The fourth-order valence-electron chi connectivity index (χ4n) is 2.90. The Balaban J connectivity index is 1.66. The van der Waals surface area contributed by atoms with E-state index in [9.17, 15) is 0 Å². The summed E-state index contributed by atoms with van der Waals surface area (Å²) in [5.74, 6) is 0. The number of halogens is 1. The zero-order valence-corrected chi connectivity index (χ0v) is 13.3. The summed E-state index contributed by atoms with van der Waals surface area (Å²) in [6.45, 7) is 7.75. The molecule has 1 aliphatic heterocycles. The van der Waals surface area contributed by atoms with Crippen LogP contribution in [0.3, 0.4) is 0 Å². The van der Waals surface area contributed by atoms with Gasteiger partial charge in [0.1, 0.15) is 5.15 Å². The van der Waals surface area contributed by atoms with E-state index in [0.717, 1.165) is 51.1 Å². The highest BCUT2D eigenvalue weighted by atomic mass is 35.5. The number of rotatable bonds is 4. The van der Waals surface area contributed by atoms with Crippen LogP contribution < -0.4 is 5.32 Å². The topological polar surface area (TPSA) is 28.2 Å². The van der Waals surface area contributed by atoms with Crippen LogP contribution in [0.4, 0.5) is 0 Å². The van der Waals surface area contributed by atoms with Crippen molar-refractivity contribution in [2.75, 3.05) is 32.7 Å². The molecule has 1 aromatic carbocycles. The maximum absolute atomic E-state index is 6.34. The standard InChI is InChI=1S/C17H22ClN3/c1-13-4-5-14-12-15(17(18)20-16(14)11-13)3-2-8-21-9-6-19-7-10-21/h4-5,11-12,19H,2-3,6-10H2,1H3. The van der Waals surface area contributed by atoms with Crippen molar-refractivity contribution < 1.29 is 0 Å². The lowest BCUT2D eigenvalue weighted by Crippen LogP contribution is -2.43. The Morgan fingerprint density at radius 1 is 1.24 bits per heavy atom. The van der Waals surface area contributed by atoms with Crippen LogP contribution in [-0.4, -0.2) is 42.6 Å². The number of fused-ring (bicyclic) bond motifs is 1. The van der Waals surface area contributed by atoms with E-state index in [1.54, 1.807) is 0 Å². The Morgan fingerprint density at radius 2 is 2.05 bits per heavy atom. The van der Waals surface area contributed by atoms with Crippen molar-refractivity contribution >= 4 is 22.5 Å². The first-order chi connectivity index (χ1) is 10.2. The molecule has 1 aromatic heterocycles. The van der Waals surface area contributed by atoms with Crippen molar-refractivity contribution in [1.82, 2.24) is 15.2 Å². The van der Waals surface area contributed by atoms with Crippen molar-refractivity contribution in [2.45, 2.75) is 19.8 Å². The fourth-order valence-corrected chi connectivity index (χ4v) is 3.14. The van der Waals surface area contributed by atoms with Crippen LogP contribution in [0.25, 0.3) is 10.9 Å². The van der Waals surface area contributed by atoms with Gasteiger partial charge in [-0.2, -0.15) is 0 Å². The lowest BCUT2D eigenvalue weighted by atomic mass is 10.1. The van der Waals surface area contributed by atoms with E-state index in [2.05, 4.69) is 46.4 Å². The number of aryl methyl sites for hydroxylation is 2. The Bertz CT molecular complexity index is 621. The molecule has 3 rings (SSSR count). The molecule has 0 amide bonds. The molecule has 0 saturated carbocycles. The minimum absolute atomic E-state index is 0.661.